The lowest BCUT2D eigenvalue weighted by atomic mass is 10.2. The minimum atomic E-state index is -0.541. The van der Waals surface area contributed by atoms with Gasteiger partial charge in [-0.3, -0.25) is 0 Å². The molecule has 1 aliphatic heterocycles. The average molecular weight is 324 g/mol. The second-order valence-electron chi connectivity index (χ2n) is 5.60. The number of benzene rings is 1. The van der Waals surface area contributed by atoms with Crippen molar-refractivity contribution in [3.05, 3.63) is 29.8 Å². The summed E-state index contributed by atoms with van der Waals surface area (Å²) in [5.74, 6) is 0.277. The predicted molar refractivity (Wildman–Crippen MR) is 84.5 cm³/mol. The minimum absolute atomic E-state index is 0.223. The molecule has 0 saturated carbocycles. The van der Waals surface area contributed by atoms with Gasteiger partial charge in [0.1, 0.15) is 37.7 Å². The molecule has 1 heterocycles. The maximum Gasteiger partial charge on any atom is 0.338 e. The van der Waals surface area contributed by atoms with Crippen LogP contribution in [0.5, 0.6) is 5.75 Å². The molecule has 3 N–H and O–H groups in total. The van der Waals surface area contributed by atoms with Crippen LogP contribution in [-0.4, -0.2) is 56.2 Å². The molecule has 2 atom stereocenters. The summed E-state index contributed by atoms with van der Waals surface area (Å²) < 4.78 is 16.0. The zero-order chi connectivity index (χ0) is 16.5. The van der Waals surface area contributed by atoms with Gasteiger partial charge in [-0.1, -0.05) is 0 Å². The van der Waals surface area contributed by atoms with E-state index in [9.17, 15) is 9.90 Å². The van der Waals surface area contributed by atoms with E-state index in [1.807, 2.05) is 0 Å². The Morgan fingerprint density at radius 2 is 2.22 bits per heavy atom. The van der Waals surface area contributed by atoms with Gasteiger partial charge < -0.3 is 24.6 Å². The largest absolute Gasteiger partial charge is 0.491 e. The van der Waals surface area contributed by atoms with Crippen molar-refractivity contribution in [3.63, 3.8) is 0 Å². The lowest BCUT2D eigenvalue weighted by Crippen LogP contribution is -2.88. The number of rotatable bonds is 9. The molecule has 0 aliphatic carbocycles. The molecule has 0 amide bonds. The molecule has 0 bridgehead atoms. The van der Waals surface area contributed by atoms with Crippen molar-refractivity contribution in [1.29, 1.82) is 0 Å². The Hall–Kier alpha value is -1.63. The number of aliphatic hydroxyl groups is 1. The minimum Gasteiger partial charge on any atom is -0.491 e. The average Bonchev–Trinajstić information content (AvgIpc) is 3.07. The Morgan fingerprint density at radius 1 is 1.43 bits per heavy atom. The highest BCUT2D eigenvalue weighted by molar-refractivity contribution is 5.89. The number of esters is 1. The highest BCUT2D eigenvalue weighted by Crippen LogP contribution is 2.13. The molecule has 23 heavy (non-hydrogen) atoms. The topological polar surface area (TPSA) is 81.6 Å². The molecule has 0 aromatic heterocycles. The molecule has 0 radical (unpaired) electrons. The van der Waals surface area contributed by atoms with E-state index in [0.717, 1.165) is 26.0 Å². The summed E-state index contributed by atoms with van der Waals surface area (Å²) in [5.41, 5.74) is 0.490. The Bertz CT molecular complexity index is 470. The number of ether oxygens (including phenoxy) is 3. The summed E-state index contributed by atoms with van der Waals surface area (Å²) in [6, 6.07) is 6.72. The van der Waals surface area contributed by atoms with Crippen LogP contribution in [-0.2, 0) is 9.47 Å². The van der Waals surface area contributed by atoms with E-state index >= 15 is 0 Å². The van der Waals surface area contributed by atoms with Crippen LogP contribution in [0.15, 0.2) is 24.3 Å². The Balaban J connectivity index is 1.65. The van der Waals surface area contributed by atoms with Gasteiger partial charge in [-0.05, 0) is 44.0 Å². The fourth-order valence-corrected chi connectivity index (χ4v) is 2.47. The van der Waals surface area contributed by atoms with E-state index < -0.39 is 6.10 Å². The first-order valence-corrected chi connectivity index (χ1v) is 8.20. The number of aliphatic hydroxyl groups excluding tert-OH is 1. The Labute approximate surface area is 136 Å². The van der Waals surface area contributed by atoms with Gasteiger partial charge >= 0.3 is 5.97 Å². The number of carbonyl (C=O) groups excluding carboxylic acids is 1. The highest BCUT2D eigenvalue weighted by Gasteiger charge is 2.17. The molecular formula is C17H26NO5+. The van der Waals surface area contributed by atoms with Gasteiger partial charge in [0.05, 0.1) is 12.2 Å². The molecule has 1 aromatic rings. The number of nitrogens with two attached hydrogens (primary N) is 1. The third-order valence-electron chi connectivity index (χ3n) is 3.70. The predicted octanol–water partition coefficient (Wildman–Crippen LogP) is 0.345. The monoisotopic (exact) mass is 324 g/mol. The summed E-state index contributed by atoms with van der Waals surface area (Å²) in [5, 5.41) is 12.0. The molecule has 1 saturated heterocycles. The Morgan fingerprint density at radius 3 is 2.87 bits per heavy atom. The van der Waals surface area contributed by atoms with E-state index in [-0.39, 0.29) is 12.6 Å². The number of quaternary nitrogens is 1. The fraction of sp³-hybridized carbons (Fsp3) is 0.588. The zero-order valence-electron chi connectivity index (χ0n) is 13.6. The summed E-state index contributed by atoms with van der Waals surface area (Å²) in [6.07, 6.45) is 2.02. The molecule has 1 fully saturated rings. The second kappa shape index (κ2) is 9.50. The molecular weight excluding hydrogens is 298 g/mol. The molecule has 2 rings (SSSR count). The van der Waals surface area contributed by atoms with Gasteiger partial charge in [-0.15, -0.1) is 0 Å². The van der Waals surface area contributed by atoms with Crippen molar-refractivity contribution in [3.8, 4) is 5.75 Å². The second-order valence-corrected chi connectivity index (χ2v) is 5.60. The van der Waals surface area contributed by atoms with Gasteiger partial charge in [0.25, 0.3) is 0 Å². The van der Waals surface area contributed by atoms with Crippen molar-refractivity contribution in [2.45, 2.75) is 32.0 Å². The van der Waals surface area contributed by atoms with Crippen LogP contribution in [0.2, 0.25) is 0 Å². The van der Waals surface area contributed by atoms with Crippen molar-refractivity contribution >= 4 is 5.97 Å². The van der Waals surface area contributed by atoms with E-state index in [2.05, 4.69) is 5.32 Å². The number of carbonyl (C=O) groups is 1. The molecule has 0 spiro atoms. The third kappa shape index (κ3) is 6.17. The van der Waals surface area contributed by atoms with Crippen molar-refractivity contribution in [2.75, 3.05) is 32.9 Å². The van der Waals surface area contributed by atoms with Crippen LogP contribution in [0.1, 0.15) is 30.1 Å². The SMILES string of the molecule is CCOC(=O)c1ccc(OC[C@@H](O)C[NH2+]C[C@@H]2CCCO2)cc1. The smallest absolute Gasteiger partial charge is 0.338 e. The van der Waals surface area contributed by atoms with Gasteiger partial charge in [0.15, 0.2) is 0 Å². The van der Waals surface area contributed by atoms with Crippen molar-refractivity contribution in [2.24, 2.45) is 0 Å². The van der Waals surface area contributed by atoms with Crippen LogP contribution in [0.3, 0.4) is 0 Å². The highest BCUT2D eigenvalue weighted by atomic mass is 16.5. The van der Waals surface area contributed by atoms with Crippen LogP contribution in [0.4, 0.5) is 0 Å². The molecule has 1 aromatic carbocycles. The van der Waals surface area contributed by atoms with Crippen LogP contribution in [0.25, 0.3) is 0 Å². The van der Waals surface area contributed by atoms with Gasteiger partial charge in [-0.2, -0.15) is 0 Å². The summed E-state index contributed by atoms with van der Waals surface area (Å²) in [4.78, 5) is 11.5. The van der Waals surface area contributed by atoms with Crippen molar-refractivity contribution in [1.82, 2.24) is 0 Å². The van der Waals surface area contributed by atoms with Crippen LogP contribution in [0, 0.1) is 0 Å². The quantitative estimate of drug-likeness (QED) is 0.641. The maximum absolute atomic E-state index is 11.5. The van der Waals surface area contributed by atoms with E-state index in [1.54, 1.807) is 31.2 Å². The first kappa shape index (κ1) is 17.7. The Kier molecular flexibility index (Phi) is 7.32. The summed E-state index contributed by atoms with van der Waals surface area (Å²) >= 11 is 0. The lowest BCUT2D eigenvalue weighted by molar-refractivity contribution is -0.666. The third-order valence-corrected chi connectivity index (χ3v) is 3.70. The molecule has 0 unspecified atom stereocenters. The van der Waals surface area contributed by atoms with Gasteiger partial charge in [0.2, 0.25) is 0 Å². The van der Waals surface area contributed by atoms with Gasteiger partial charge in [-0.25, -0.2) is 4.79 Å². The zero-order valence-corrected chi connectivity index (χ0v) is 13.6. The maximum atomic E-state index is 11.5. The standard InChI is InChI=1S/C17H25NO5/c1-2-21-17(20)13-5-7-15(8-6-13)23-12-14(19)10-18-11-16-4-3-9-22-16/h5-8,14,16,18-19H,2-4,9-12H2,1H3/p+1/t14-,16-/m0/s1. The summed E-state index contributed by atoms with van der Waals surface area (Å²) in [7, 11) is 0. The van der Waals surface area contributed by atoms with Crippen molar-refractivity contribution < 1.29 is 29.4 Å². The van der Waals surface area contributed by atoms with E-state index in [1.165, 1.54) is 0 Å². The van der Waals surface area contributed by atoms with Crippen LogP contribution >= 0.6 is 0 Å². The first-order valence-electron chi connectivity index (χ1n) is 8.20. The lowest BCUT2D eigenvalue weighted by Gasteiger charge is -2.13. The number of hydrogen-bond donors (Lipinski definition) is 2. The van der Waals surface area contributed by atoms with E-state index in [4.69, 9.17) is 14.2 Å². The normalized spacial score (nSPS) is 18.6. The molecule has 6 nitrogen and oxygen atoms in total. The number of hydrogen-bond acceptors (Lipinski definition) is 5. The van der Waals surface area contributed by atoms with E-state index in [0.29, 0.717) is 30.6 Å². The van der Waals surface area contributed by atoms with Gasteiger partial charge in [0, 0.05) is 6.61 Å². The summed E-state index contributed by atoms with van der Waals surface area (Å²) in [6.45, 7) is 4.66. The fourth-order valence-electron chi connectivity index (χ4n) is 2.47. The molecule has 6 heteroatoms. The molecule has 1 aliphatic rings. The first-order chi connectivity index (χ1) is 11.2. The van der Waals surface area contributed by atoms with Crippen LogP contribution < -0.4 is 10.1 Å². The molecule has 128 valence electrons.